The summed E-state index contributed by atoms with van der Waals surface area (Å²) in [6.45, 7) is 3.78. The maximum Gasteiger partial charge on any atom is 0.256 e. The van der Waals surface area contributed by atoms with Crippen molar-refractivity contribution in [1.29, 1.82) is 0 Å². The van der Waals surface area contributed by atoms with Crippen molar-refractivity contribution in [3.8, 4) is 0 Å². The molecule has 2 aromatic rings. The van der Waals surface area contributed by atoms with E-state index in [1.165, 1.54) is 10.7 Å². The summed E-state index contributed by atoms with van der Waals surface area (Å²) < 4.78 is 27.9. The van der Waals surface area contributed by atoms with E-state index < -0.39 is 23.8 Å². The number of anilines is 1. The summed E-state index contributed by atoms with van der Waals surface area (Å²) in [5.74, 6) is -2.51. The lowest BCUT2D eigenvalue weighted by molar-refractivity contribution is -0.125. The Kier molecular flexibility index (Phi) is 5.50. The van der Waals surface area contributed by atoms with Crippen molar-refractivity contribution >= 4 is 17.6 Å². The van der Waals surface area contributed by atoms with Gasteiger partial charge in [0.1, 0.15) is 5.82 Å². The average molecular weight is 377 g/mol. The normalized spacial score (nSPS) is 19.6. The number of rotatable bonds is 5. The van der Waals surface area contributed by atoms with Crippen molar-refractivity contribution in [1.82, 2.24) is 20.4 Å². The summed E-state index contributed by atoms with van der Waals surface area (Å²) in [5.41, 5.74) is 0.605. The Balaban J connectivity index is 1.82. The van der Waals surface area contributed by atoms with Crippen LogP contribution in [0.15, 0.2) is 24.3 Å². The Morgan fingerprint density at radius 3 is 2.81 bits per heavy atom. The number of aromatic nitrogens is 2. The molecule has 0 aliphatic carbocycles. The monoisotopic (exact) mass is 377 g/mol. The second-order valence-electron chi connectivity index (χ2n) is 6.52. The van der Waals surface area contributed by atoms with Crippen LogP contribution in [0.5, 0.6) is 0 Å². The van der Waals surface area contributed by atoms with Gasteiger partial charge in [-0.2, -0.15) is 5.10 Å². The molecule has 0 radical (unpaired) electrons. The van der Waals surface area contributed by atoms with Crippen molar-refractivity contribution in [3.05, 3.63) is 47.2 Å². The Morgan fingerprint density at radius 2 is 2.11 bits per heavy atom. The van der Waals surface area contributed by atoms with Crippen LogP contribution in [0.2, 0.25) is 0 Å². The van der Waals surface area contributed by atoms with Crippen molar-refractivity contribution in [3.63, 3.8) is 0 Å². The number of hydrogen-bond donors (Lipinski definition) is 3. The van der Waals surface area contributed by atoms with E-state index in [1.807, 2.05) is 6.92 Å². The van der Waals surface area contributed by atoms with Gasteiger partial charge < -0.3 is 10.6 Å². The lowest BCUT2D eigenvalue weighted by atomic mass is 10.1. The van der Waals surface area contributed by atoms with E-state index in [1.54, 1.807) is 13.0 Å². The third-order valence-electron chi connectivity index (χ3n) is 4.29. The van der Waals surface area contributed by atoms with Crippen molar-refractivity contribution in [2.45, 2.75) is 45.4 Å². The highest BCUT2D eigenvalue weighted by molar-refractivity contribution is 6.03. The molecule has 3 N–H and O–H groups in total. The van der Waals surface area contributed by atoms with Gasteiger partial charge in [-0.05, 0) is 31.5 Å². The number of carbonyl (C=O) groups is 2. The summed E-state index contributed by atoms with van der Waals surface area (Å²) in [7, 11) is 0. The van der Waals surface area contributed by atoms with E-state index in [9.17, 15) is 18.4 Å². The number of amides is 2. The van der Waals surface area contributed by atoms with E-state index >= 15 is 0 Å². The molecule has 3 rings (SSSR count). The topological polar surface area (TPSA) is 88.1 Å². The van der Waals surface area contributed by atoms with Gasteiger partial charge in [0.25, 0.3) is 5.91 Å². The van der Waals surface area contributed by atoms with Gasteiger partial charge in [0.05, 0.1) is 5.69 Å². The molecule has 0 bridgehead atoms. The Hall–Kier alpha value is -2.81. The predicted molar refractivity (Wildman–Crippen MR) is 94.9 cm³/mol. The summed E-state index contributed by atoms with van der Waals surface area (Å²) in [5, 5.41) is 13.1. The molecular weight excluding hydrogens is 356 g/mol. The highest BCUT2D eigenvalue weighted by atomic mass is 19.2. The summed E-state index contributed by atoms with van der Waals surface area (Å²) in [6.07, 6.45) is 1.52. The molecule has 1 aliphatic rings. The highest BCUT2D eigenvalue weighted by Crippen LogP contribution is 2.20. The van der Waals surface area contributed by atoms with E-state index in [0.717, 1.165) is 25.0 Å². The van der Waals surface area contributed by atoms with E-state index in [2.05, 4.69) is 21.0 Å². The molecular formula is C18H21F2N5O2. The van der Waals surface area contributed by atoms with Crippen LogP contribution >= 0.6 is 0 Å². The Bertz CT molecular complexity index is 867. The van der Waals surface area contributed by atoms with Gasteiger partial charge in [-0.15, -0.1) is 0 Å². The molecule has 144 valence electrons. The standard InChI is InChI=1S/C18H21F2N5O2/c1-3-4-12-9-16(26)23-18(21-12)25-15(7-10(2)24-25)22-17(27)11-5-6-13(19)14(20)8-11/h5-8,12,18,21H,3-4,9H2,1-2H3,(H,22,27)(H,23,26). The predicted octanol–water partition coefficient (Wildman–Crippen LogP) is 2.46. The molecule has 9 heteroatoms. The van der Waals surface area contributed by atoms with Gasteiger partial charge in [0, 0.05) is 24.1 Å². The molecule has 1 aromatic carbocycles. The minimum Gasteiger partial charge on any atom is -0.322 e. The summed E-state index contributed by atoms with van der Waals surface area (Å²) >= 11 is 0. The zero-order valence-electron chi connectivity index (χ0n) is 15.1. The maximum absolute atomic E-state index is 13.4. The Morgan fingerprint density at radius 1 is 1.33 bits per heavy atom. The van der Waals surface area contributed by atoms with Gasteiger partial charge in [0.15, 0.2) is 17.9 Å². The van der Waals surface area contributed by atoms with Gasteiger partial charge in [-0.1, -0.05) is 13.3 Å². The van der Waals surface area contributed by atoms with Crippen LogP contribution in [0, 0.1) is 18.6 Å². The fourth-order valence-electron chi connectivity index (χ4n) is 3.06. The number of halogens is 2. The van der Waals surface area contributed by atoms with Gasteiger partial charge in [0.2, 0.25) is 5.91 Å². The van der Waals surface area contributed by atoms with Crippen LogP contribution in [0.3, 0.4) is 0 Å². The molecule has 27 heavy (non-hydrogen) atoms. The van der Waals surface area contributed by atoms with Crippen molar-refractivity contribution in [2.75, 3.05) is 5.32 Å². The maximum atomic E-state index is 13.4. The summed E-state index contributed by atoms with van der Waals surface area (Å²) in [6, 6.07) is 4.56. The first-order chi connectivity index (χ1) is 12.9. The van der Waals surface area contributed by atoms with E-state index in [4.69, 9.17) is 0 Å². The highest BCUT2D eigenvalue weighted by Gasteiger charge is 2.28. The molecule has 7 nitrogen and oxygen atoms in total. The molecule has 0 saturated carbocycles. The molecule has 2 atom stereocenters. The number of hydrogen-bond acceptors (Lipinski definition) is 4. The number of benzene rings is 1. The number of aryl methyl sites for hydroxylation is 1. The Labute approximate surface area is 155 Å². The zero-order chi connectivity index (χ0) is 19.6. The van der Waals surface area contributed by atoms with Gasteiger partial charge >= 0.3 is 0 Å². The molecule has 0 spiro atoms. The molecule has 1 aliphatic heterocycles. The first-order valence-electron chi connectivity index (χ1n) is 8.75. The second-order valence-corrected chi connectivity index (χ2v) is 6.52. The van der Waals surface area contributed by atoms with Crippen LogP contribution in [0.1, 0.15) is 48.5 Å². The van der Waals surface area contributed by atoms with Gasteiger partial charge in [-0.25, -0.2) is 13.5 Å². The average Bonchev–Trinajstić information content (AvgIpc) is 2.97. The molecule has 2 unspecified atom stereocenters. The SMILES string of the molecule is CCCC1CC(=O)NC(n2nc(C)cc2NC(=O)c2ccc(F)c(F)c2)N1. The van der Waals surface area contributed by atoms with Crippen molar-refractivity contribution < 1.29 is 18.4 Å². The van der Waals surface area contributed by atoms with E-state index in [0.29, 0.717) is 17.9 Å². The first-order valence-corrected chi connectivity index (χ1v) is 8.75. The minimum atomic E-state index is -1.10. The number of nitrogens with zero attached hydrogens (tertiary/aromatic N) is 2. The van der Waals surface area contributed by atoms with Crippen LogP contribution in [0.25, 0.3) is 0 Å². The third-order valence-corrected chi connectivity index (χ3v) is 4.29. The molecule has 2 amide bonds. The van der Waals surface area contributed by atoms with E-state index in [-0.39, 0.29) is 17.5 Å². The molecule has 2 heterocycles. The third kappa shape index (κ3) is 4.30. The second kappa shape index (κ2) is 7.83. The smallest absolute Gasteiger partial charge is 0.256 e. The zero-order valence-corrected chi connectivity index (χ0v) is 15.1. The van der Waals surface area contributed by atoms with Crippen LogP contribution in [-0.4, -0.2) is 27.6 Å². The summed E-state index contributed by atoms with van der Waals surface area (Å²) in [4.78, 5) is 24.4. The number of carbonyl (C=O) groups excluding carboxylic acids is 2. The number of nitrogens with one attached hydrogen (secondary N) is 3. The first kappa shape index (κ1) is 19.0. The molecule has 1 fully saturated rings. The quantitative estimate of drug-likeness (QED) is 0.747. The van der Waals surface area contributed by atoms with Crippen LogP contribution in [-0.2, 0) is 4.79 Å². The lowest BCUT2D eigenvalue weighted by Crippen LogP contribution is -2.53. The minimum absolute atomic E-state index is 0.00741. The van der Waals surface area contributed by atoms with Gasteiger partial charge in [-0.3, -0.25) is 14.9 Å². The fourth-order valence-corrected chi connectivity index (χ4v) is 3.06. The van der Waals surface area contributed by atoms with Crippen LogP contribution < -0.4 is 16.0 Å². The molecule has 1 aromatic heterocycles. The van der Waals surface area contributed by atoms with Crippen molar-refractivity contribution in [2.24, 2.45) is 0 Å². The largest absolute Gasteiger partial charge is 0.322 e. The fraction of sp³-hybridized carbons (Fsp3) is 0.389. The van der Waals surface area contributed by atoms with Crippen LogP contribution in [0.4, 0.5) is 14.6 Å². The lowest BCUT2D eigenvalue weighted by Gasteiger charge is -2.32. The molecule has 1 saturated heterocycles.